The molecule has 0 radical (unpaired) electrons. The molecule has 1 aliphatic heterocycles. The molecular formula is C30H40N2O4. The van der Waals surface area contributed by atoms with Gasteiger partial charge in [-0.25, -0.2) is 4.79 Å². The maximum atomic E-state index is 13.6. The number of nitrogens with one attached hydrogen (secondary N) is 1. The monoisotopic (exact) mass is 492 g/mol. The fourth-order valence-electron chi connectivity index (χ4n) is 5.15. The number of hydrogen-bond donors (Lipinski definition) is 3. The summed E-state index contributed by atoms with van der Waals surface area (Å²) in [5.41, 5.74) is 2.51. The van der Waals surface area contributed by atoms with Crippen LogP contribution in [0.3, 0.4) is 0 Å². The van der Waals surface area contributed by atoms with E-state index >= 15 is 0 Å². The molecule has 1 fully saturated rings. The quantitative estimate of drug-likeness (QED) is 0.390. The Bertz CT molecular complexity index is 1120. The number of carboxylic acids is 1. The van der Waals surface area contributed by atoms with Crippen LogP contribution in [-0.2, 0) is 10.8 Å². The Morgan fingerprint density at radius 3 is 1.94 bits per heavy atom. The van der Waals surface area contributed by atoms with E-state index in [9.17, 15) is 19.8 Å². The van der Waals surface area contributed by atoms with Crippen molar-refractivity contribution < 1.29 is 19.8 Å². The lowest BCUT2D eigenvalue weighted by Gasteiger charge is -2.28. The van der Waals surface area contributed by atoms with E-state index in [2.05, 4.69) is 6.92 Å². The highest BCUT2D eigenvalue weighted by molar-refractivity contribution is 6.01. The van der Waals surface area contributed by atoms with Crippen LogP contribution in [0.1, 0.15) is 105 Å². The zero-order chi connectivity index (χ0) is 27.0. The largest absolute Gasteiger partial charge is 0.507 e. The van der Waals surface area contributed by atoms with Gasteiger partial charge >= 0.3 is 5.97 Å². The second-order valence-corrected chi connectivity index (χ2v) is 12.1. The number of Topliss-reactive ketones (excluding diaryl/α,β-unsaturated/α-hetero) is 1. The van der Waals surface area contributed by atoms with Crippen molar-refractivity contribution in [2.45, 2.75) is 78.1 Å². The Kier molecular flexibility index (Phi) is 7.68. The van der Waals surface area contributed by atoms with E-state index in [1.807, 2.05) is 46.4 Å². The van der Waals surface area contributed by atoms with Crippen molar-refractivity contribution in [2.75, 3.05) is 13.1 Å². The number of likely N-dealkylation sites (tertiary alicyclic amines) is 1. The van der Waals surface area contributed by atoms with Crippen LogP contribution in [0, 0.1) is 11.3 Å². The SMILES string of the molecule is CCC[C@H]1CN(CC(=O)c2cc(C(C)(C)C)c(O)c(C(C)(C)C)c2)C(=N)[C@@H]1c1ccc(C(=O)O)cc1. The van der Waals surface area contributed by atoms with Gasteiger partial charge in [-0.3, -0.25) is 10.2 Å². The second kappa shape index (κ2) is 10.1. The van der Waals surface area contributed by atoms with Crippen molar-refractivity contribution in [3.8, 4) is 5.75 Å². The van der Waals surface area contributed by atoms with Gasteiger partial charge < -0.3 is 15.1 Å². The van der Waals surface area contributed by atoms with Crippen molar-refractivity contribution in [1.29, 1.82) is 5.41 Å². The molecule has 0 aliphatic carbocycles. The molecule has 1 heterocycles. The Morgan fingerprint density at radius 2 is 1.50 bits per heavy atom. The van der Waals surface area contributed by atoms with Gasteiger partial charge in [0.1, 0.15) is 11.6 Å². The topological polar surface area (TPSA) is 102 Å². The maximum Gasteiger partial charge on any atom is 0.335 e. The average molecular weight is 493 g/mol. The first-order chi connectivity index (χ1) is 16.6. The number of rotatable bonds is 7. The minimum atomic E-state index is -0.974. The summed E-state index contributed by atoms with van der Waals surface area (Å²) in [6, 6.07) is 10.4. The third-order valence-electron chi connectivity index (χ3n) is 7.12. The van der Waals surface area contributed by atoms with Gasteiger partial charge in [-0.15, -0.1) is 0 Å². The number of aromatic carboxylic acids is 1. The van der Waals surface area contributed by atoms with E-state index in [-0.39, 0.29) is 46.3 Å². The van der Waals surface area contributed by atoms with Crippen LogP contribution in [0.5, 0.6) is 5.75 Å². The third-order valence-corrected chi connectivity index (χ3v) is 7.12. The lowest BCUT2D eigenvalue weighted by molar-refractivity contribution is 0.0696. The normalized spacial score (nSPS) is 18.5. The highest BCUT2D eigenvalue weighted by Crippen LogP contribution is 2.41. The summed E-state index contributed by atoms with van der Waals surface area (Å²) in [6.45, 7) is 15.0. The van der Waals surface area contributed by atoms with Crippen LogP contribution in [0.25, 0.3) is 0 Å². The van der Waals surface area contributed by atoms with Gasteiger partial charge in [0.15, 0.2) is 5.78 Å². The zero-order valence-electron chi connectivity index (χ0n) is 22.6. The summed E-state index contributed by atoms with van der Waals surface area (Å²) in [6.07, 6.45) is 1.88. The maximum absolute atomic E-state index is 13.6. The molecule has 0 bridgehead atoms. The molecule has 3 N–H and O–H groups in total. The lowest BCUT2D eigenvalue weighted by Crippen LogP contribution is -2.32. The van der Waals surface area contributed by atoms with Crippen LogP contribution < -0.4 is 0 Å². The molecule has 0 spiro atoms. The van der Waals surface area contributed by atoms with E-state index in [0.717, 1.165) is 29.5 Å². The van der Waals surface area contributed by atoms with Crippen molar-refractivity contribution in [3.05, 3.63) is 64.2 Å². The number of carbonyl (C=O) groups is 2. The van der Waals surface area contributed by atoms with Gasteiger partial charge in [-0.05, 0) is 53.0 Å². The highest BCUT2D eigenvalue weighted by atomic mass is 16.4. The van der Waals surface area contributed by atoms with Gasteiger partial charge in [-0.2, -0.15) is 0 Å². The summed E-state index contributed by atoms with van der Waals surface area (Å²) in [5, 5.41) is 29.2. The zero-order valence-corrected chi connectivity index (χ0v) is 22.6. The predicted octanol–water partition coefficient (Wildman–Crippen LogP) is 6.36. The first kappa shape index (κ1) is 27.4. The number of ketones is 1. The van der Waals surface area contributed by atoms with Gasteiger partial charge in [0.05, 0.1) is 12.1 Å². The van der Waals surface area contributed by atoms with E-state index in [1.165, 1.54) is 0 Å². The minimum Gasteiger partial charge on any atom is -0.507 e. The van der Waals surface area contributed by atoms with Crippen LogP contribution >= 0.6 is 0 Å². The first-order valence-electron chi connectivity index (χ1n) is 12.7. The molecule has 36 heavy (non-hydrogen) atoms. The third kappa shape index (κ3) is 5.63. The lowest BCUT2D eigenvalue weighted by atomic mass is 9.78. The number of phenols is 1. The molecule has 0 saturated carbocycles. The number of aromatic hydroxyl groups is 1. The van der Waals surface area contributed by atoms with Crippen molar-refractivity contribution in [1.82, 2.24) is 4.90 Å². The highest BCUT2D eigenvalue weighted by Gasteiger charge is 2.39. The molecule has 2 atom stereocenters. The van der Waals surface area contributed by atoms with Gasteiger partial charge in [0, 0.05) is 29.2 Å². The molecule has 6 nitrogen and oxygen atoms in total. The summed E-state index contributed by atoms with van der Waals surface area (Å²) >= 11 is 0. The van der Waals surface area contributed by atoms with E-state index < -0.39 is 5.97 Å². The number of phenolic OH excluding ortho intramolecular Hbond substituents is 1. The van der Waals surface area contributed by atoms with E-state index in [1.54, 1.807) is 36.4 Å². The average Bonchev–Trinajstić information content (AvgIpc) is 3.07. The van der Waals surface area contributed by atoms with Gasteiger partial charge in [-0.1, -0.05) is 67.0 Å². The molecule has 0 aromatic heterocycles. The molecular weight excluding hydrogens is 452 g/mol. The van der Waals surface area contributed by atoms with E-state index in [4.69, 9.17) is 5.41 Å². The Labute approximate surface area is 214 Å². The number of carbonyl (C=O) groups excluding carboxylic acids is 1. The van der Waals surface area contributed by atoms with E-state index in [0.29, 0.717) is 17.9 Å². The van der Waals surface area contributed by atoms with Crippen molar-refractivity contribution in [3.63, 3.8) is 0 Å². The number of nitrogens with zero attached hydrogens (tertiary/aromatic N) is 1. The fourth-order valence-corrected chi connectivity index (χ4v) is 5.15. The van der Waals surface area contributed by atoms with Crippen LogP contribution in [0.4, 0.5) is 0 Å². The Balaban J connectivity index is 1.92. The summed E-state index contributed by atoms with van der Waals surface area (Å²) in [5.74, 6) is -0.396. The van der Waals surface area contributed by atoms with Crippen molar-refractivity contribution >= 4 is 17.6 Å². The van der Waals surface area contributed by atoms with Crippen LogP contribution in [-0.4, -0.2) is 45.8 Å². The minimum absolute atomic E-state index is 0.0760. The smallest absolute Gasteiger partial charge is 0.335 e. The molecule has 1 aliphatic rings. The summed E-state index contributed by atoms with van der Waals surface area (Å²) < 4.78 is 0. The van der Waals surface area contributed by atoms with Crippen LogP contribution in [0.2, 0.25) is 0 Å². The number of carboxylic acid groups (broad SMARTS) is 1. The molecule has 0 amide bonds. The fraction of sp³-hybridized carbons (Fsp3) is 0.500. The standard InChI is InChI=1S/C30H40N2O4/c1-8-9-20-16-32(27(31)25(20)18-10-12-19(13-11-18)28(35)36)17-24(33)21-14-22(29(2,3)4)26(34)23(15-21)30(5,6)7/h10-15,20,25,31,34H,8-9,16-17H2,1-7H3,(H,35,36)/t20-,25+/m0/s1. The molecule has 6 heteroatoms. The molecule has 3 rings (SSSR count). The number of benzene rings is 2. The summed E-state index contributed by atoms with van der Waals surface area (Å²) in [7, 11) is 0. The predicted molar refractivity (Wildman–Crippen MR) is 144 cm³/mol. The molecule has 2 aromatic rings. The molecule has 2 aromatic carbocycles. The Hall–Kier alpha value is -3.15. The van der Waals surface area contributed by atoms with Crippen LogP contribution in [0.15, 0.2) is 36.4 Å². The molecule has 194 valence electrons. The second-order valence-electron chi connectivity index (χ2n) is 12.1. The first-order valence-corrected chi connectivity index (χ1v) is 12.7. The van der Waals surface area contributed by atoms with Gasteiger partial charge in [0.2, 0.25) is 0 Å². The number of hydrogen-bond acceptors (Lipinski definition) is 4. The van der Waals surface area contributed by atoms with Gasteiger partial charge in [0.25, 0.3) is 0 Å². The Morgan fingerprint density at radius 1 is 0.972 bits per heavy atom. The number of amidine groups is 1. The van der Waals surface area contributed by atoms with Crippen molar-refractivity contribution in [2.24, 2.45) is 5.92 Å². The summed E-state index contributed by atoms with van der Waals surface area (Å²) in [4.78, 5) is 26.7. The molecule has 0 unspecified atom stereocenters. The molecule has 1 saturated heterocycles.